The van der Waals surface area contributed by atoms with Gasteiger partial charge in [0, 0.05) is 58.4 Å². The van der Waals surface area contributed by atoms with E-state index in [0.717, 1.165) is 38.9 Å². The van der Waals surface area contributed by atoms with Crippen molar-refractivity contribution >= 4 is 86.0 Å². The van der Waals surface area contributed by atoms with E-state index in [1.165, 1.54) is 63.9 Å². The highest BCUT2D eigenvalue weighted by atomic mass is 32.1. The smallest absolute Gasteiger partial charge is 0.235 e. The lowest BCUT2D eigenvalue weighted by Crippen LogP contribution is -2.03. The Balaban J connectivity index is 1.10. The van der Waals surface area contributed by atoms with Crippen LogP contribution in [-0.2, 0) is 0 Å². The number of thiophene rings is 1. The van der Waals surface area contributed by atoms with Crippen molar-refractivity contribution in [3.8, 4) is 34.0 Å². The Bertz CT molecular complexity index is 3480. The highest BCUT2D eigenvalue weighted by molar-refractivity contribution is 7.26. The van der Waals surface area contributed by atoms with Crippen molar-refractivity contribution in [1.29, 1.82) is 0 Å². The Kier molecular flexibility index (Phi) is 6.47. The summed E-state index contributed by atoms with van der Waals surface area (Å²) >= 11 is 1.82. The Morgan fingerprint density at radius 1 is 0.364 bits per heavy atom. The van der Waals surface area contributed by atoms with Crippen molar-refractivity contribution in [1.82, 2.24) is 19.1 Å². The first-order valence-corrected chi connectivity index (χ1v) is 19.4. The van der Waals surface area contributed by atoms with Crippen molar-refractivity contribution in [2.45, 2.75) is 0 Å². The minimum atomic E-state index is 0.670. The van der Waals surface area contributed by atoms with Gasteiger partial charge in [-0.3, -0.25) is 4.57 Å². The van der Waals surface area contributed by atoms with Gasteiger partial charge in [0.1, 0.15) is 0 Å². The zero-order chi connectivity index (χ0) is 36.0. The van der Waals surface area contributed by atoms with Gasteiger partial charge in [0.25, 0.3) is 0 Å². The third kappa shape index (κ3) is 4.51. The van der Waals surface area contributed by atoms with Gasteiger partial charge < -0.3 is 4.57 Å². The summed E-state index contributed by atoms with van der Waals surface area (Å²) in [4.78, 5) is 10.9. The molecule has 0 saturated carbocycles. The van der Waals surface area contributed by atoms with E-state index in [2.05, 4.69) is 191 Å². The second-order valence-electron chi connectivity index (χ2n) is 14.2. The molecule has 256 valence electrons. The zero-order valence-corrected chi connectivity index (χ0v) is 30.3. The summed E-state index contributed by atoms with van der Waals surface area (Å²) < 4.78 is 7.11. The summed E-state index contributed by atoms with van der Waals surface area (Å²) in [5, 5.41) is 8.30. The molecule has 8 aromatic carbocycles. The highest BCUT2D eigenvalue weighted by Gasteiger charge is 2.21. The van der Waals surface area contributed by atoms with Gasteiger partial charge in [-0.1, -0.05) is 115 Å². The molecule has 0 fully saturated rings. The topological polar surface area (TPSA) is 35.6 Å². The number of hydrogen-bond acceptors (Lipinski definition) is 3. The molecule has 0 unspecified atom stereocenters. The van der Waals surface area contributed by atoms with Gasteiger partial charge in [-0.15, -0.1) is 11.3 Å². The van der Waals surface area contributed by atoms with E-state index in [9.17, 15) is 0 Å². The fourth-order valence-corrected chi connectivity index (χ4v) is 9.79. The second-order valence-corrected chi connectivity index (χ2v) is 15.3. The molecule has 12 rings (SSSR count). The summed E-state index contributed by atoms with van der Waals surface area (Å²) in [5.41, 5.74) is 11.1. The van der Waals surface area contributed by atoms with Gasteiger partial charge in [0.15, 0.2) is 0 Å². The fourth-order valence-electron chi connectivity index (χ4n) is 8.68. The quantitative estimate of drug-likeness (QED) is 0.182. The van der Waals surface area contributed by atoms with Crippen molar-refractivity contribution in [3.05, 3.63) is 182 Å². The maximum atomic E-state index is 5.48. The number of hydrogen-bond donors (Lipinski definition) is 0. The van der Waals surface area contributed by atoms with Gasteiger partial charge in [-0.05, 0) is 77.9 Å². The fraction of sp³-hybridized carbons (Fsp3) is 0. The van der Waals surface area contributed by atoms with E-state index in [1.54, 1.807) is 0 Å². The summed E-state index contributed by atoms with van der Waals surface area (Å²) in [5.74, 6) is 0.670. The second kappa shape index (κ2) is 11.7. The molecule has 0 radical (unpaired) electrons. The van der Waals surface area contributed by atoms with Crippen LogP contribution in [0.3, 0.4) is 0 Å². The third-order valence-corrected chi connectivity index (χ3v) is 12.3. The van der Waals surface area contributed by atoms with Crippen LogP contribution >= 0.6 is 11.3 Å². The highest BCUT2D eigenvalue weighted by Crippen LogP contribution is 2.42. The molecule has 0 bridgehead atoms. The summed E-state index contributed by atoms with van der Waals surface area (Å²) in [6.07, 6.45) is 0. The Labute approximate surface area is 319 Å². The molecule has 0 spiro atoms. The van der Waals surface area contributed by atoms with Crippen molar-refractivity contribution in [3.63, 3.8) is 0 Å². The lowest BCUT2D eigenvalue weighted by molar-refractivity contribution is 1.02. The number of para-hydroxylation sites is 3. The van der Waals surface area contributed by atoms with Crippen molar-refractivity contribution < 1.29 is 0 Å². The molecule has 4 aromatic heterocycles. The molecular weight excluding hydrogens is 689 g/mol. The average molecular weight is 719 g/mol. The van der Waals surface area contributed by atoms with Crippen LogP contribution in [0.2, 0.25) is 0 Å². The normalized spacial score (nSPS) is 12.0. The first-order valence-electron chi connectivity index (χ1n) is 18.6. The number of benzene rings is 8. The Morgan fingerprint density at radius 2 is 0.927 bits per heavy atom. The maximum absolute atomic E-state index is 5.48. The lowest BCUT2D eigenvalue weighted by Gasteiger charge is -2.13. The van der Waals surface area contributed by atoms with Crippen LogP contribution in [0.5, 0.6) is 0 Å². The summed E-state index contributed by atoms with van der Waals surface area (Å²) in [6, 6.07) is 65.3. The molecule has 0 saturated heterocycles. The standard InChI is InChI=1S/C50H30N4S/c1-3-13-31(14-4-1)48-38-25-28-46-47(37-19-9-12-22-45(37)55-46)49(38)52-50(51-48)54-42-21-11-8-18-36(42)40-30-33(24-27-44(40)54)32-23-26-43-39(29-32)35-17-7-10-20-41(35)53(43)34-15-5-2-6-16-34/h1-30H. The molecule has 4 nitrogen and oxygen atoms in total. The number of aromatic nitrogens is 4. The van der Waals surface area contributed by atoms with Crippen LogP contribution in [0.1, 0.15) is 0 Å². The predicted molar refractivity (Wildman–Crippen MR) is 232 cm³/mol. The van der Waals surface area contributed by atoms with E-state index in [1.807, 2.05) is 11.3 Å². The molecule has 0 amide bonds. The first kappa shape index (κ1) is 30.4. The molecule has 55 heavy (non-hydrogen) atoms. The SMILES string of the molecule is c1ccc(-c2nc(-n3c4ccccc4c4cc(-c5ccc6c(c5)c5ccccc5n6-c5ccccc5)ccc43)nc3c2ccc2sc4ccccc4c23)cc1. The van der Waals surface area contributed by atoms with E-state index in [4.69, 9.17) is 9.97 Å². The van der Waals surface area contributed by atoms with E-state index >= 15 is 0 Å². The van der Waals surface area contributed by atoms with Gasteiger partial charge in [0.05, 0.1) is 33.3 Å². The predicted octanol–water partition coefficient (Wildman–Crippen LogP) is 13.5. The molecule has 0 N–H and O–H groups in total. The minimum absolute atomic E-state index is 0.670. The van der Waals surface area contributed by atoms with E-state index < -0.39 is 0 Å². The van der Waals surface area contributed by atoms with Crippen molar-refractivity contribution in [2.24, 2.45) is 0 Å². The van der Waals surface area contributed by atoms with Crippen LogP contribution in [-0.4, -0.2) is 19.1 Å². The Hall–Kier alpha value is -7.08. The maximum Gasteiger partial charge on any atom is 0.235 e. The van der Waals surface area contributed by atoms with Crippen molar-refractivity contribution in [2.75, 3.05) is 0 Å². The first-order chi connectivity index (χ1) is 27.3. The molecule has 0 atom stereocenters. The summed E-state index contributed by atoms with van der Waals surface area (Å²) in [7, 11) is 0. The molecule has 0 aliphatic heterocycles. The molecule has 0 aliphatic carbocycles. The van der Waals surface area contributed by atoms with Gasteiger partial charge in [-0.25, -0.2) is 9.97 Å². The minimum Gasteiger partial charge on any atom is -0.309 e. The number of nitrogens with zero attached hydrogens (tertiary/aromatic N) is 4. The van der Waals surface area contributed by atoms with E-state index in [-0.39, 0.29) is 0 Å². The summed E-state index contributed by atoms with van der Waals surface area (Å²) in [6.45, 7) is 0. The molecule has 0 aliphatic rings. The zero-order valence-electron chi connectivity index (χ0n) is 29.5. The number of fused-ring (bicyclic) bond motifs is 11. The monoisotopic (exact) mass is 718 g/mol. The molecule has 12 aromatic rings. The Morgan fingerprint density at radius 3 is 1.64 bits per heavy atom. The van der Waals surface area contributed by atoms with Gasteiger partial charge >= 0.3 is 0 Å². The van der Waals surface area contributed by atoms with Crippen LogP contribution in [0, 0.1) is 0 Å². The average Bonchev–Trinajstić information content (AvgIpc) is 3.91. The lowest BCUT2D eigenvalue weighted by atomic mass is 10.0. The van der Waals surface area contributed by atoms with Gasteiger partial charge in [0.2, 0.25) is 5.95 Å². The van der Waals surface area contributed by atoms with Crippen LogP contribution in [0.25, 0.3) is 109 Å². The van der Waals surface area contributed by atoms with Crippen LogP contribution < -0.4 is 0 Å². The van der Waals surface area contributed by atoms with Crippen LogP contribution in [0.4, 0.5) is 0 Å². The molecular formula is C50H30N4S. The van der Waals surface area contributed by atoms with E-state index in [0.29, 0.717) is 5.95 Å². The number of rotatable bonds is 4. The van der Waals surface area contributed by atoms with Crippen LogP contribution in [0.15, 0.2) is 182 Å². The largest absolute Gasteiger partial charge is 0.309 e. The van der Waals surface area contributed by atoms with Gasteiger partial charge in [-0.2, -0.15) is 0 Å². The molecule has 5 heteroatoms. The third-order valence-electron chi connectivity index (χ3n) is 11.1. The molecule has 4 heterocycles.